The predicted molar refractivity (Wildman–Crippen MR) is 80.6 cm³/mol. The number of sulfone groups is 1. The number of rotatable bonds is 5. The summed E-state index contributed by atoms with van der Waals surface area (Å²) in [5, 5.41) is 0. The van der Waals surface area contributed by atoms with Gasteiger partial charge in [0.25, 0.3) is 0 Å². The van der Waals surface area contributed by atoms with Crippen molar-refractivity contribution in [2.45, 2.75) is 13.5 Å². The lowest BCUT2D eigenvalue weighted by molar-refractivity contribution is 0.108. The quantitative estimate of drug-likeness (QED) is 0.780. The molecule has 0 aromatic heterocycles. The monoisotopic (exact) mass is 309 g/mol. The smallest absolute Gasteiger partial charge is 0.410 e. The van der Waals surface area contributed by atoms with Gasteiger partial charge in [-0.3, -0.25) is 4.90 Å². The molecule has 6 heteroatoms. The standard InChI is InChI=1S/C15H19NO4S/c1-2-20-15(17)16(10-13-6-4-3-5-7-13)11-14-8-9-21(18,19)12-14/h3-8H,2,9-12H2,1H3. The molecule has 1 amide bonds. The van der Waals surface area contributed by atoms with Gasteiger partial charge in [0.05, 0.1) is 18.1 Å². The molecule has 0 saturated carbocycles. The molecule has 0 spiro atoms. The van der Waals surface area contributed by atoms with Crippen molar-refractivity contribution < 1.29 is 17.9 Å². The Labute approximate surface area is 125 Å². The molecule has 0 saturated heterocycles. The topological polar surface area (TPSA) is 63.7 Å². The highest BCUT2D eigenvalue weighted by Gasteiger charge is 2.24. The molecule has 0 bridgehead atoms. The molecule has 0 radical (unpaired) electrons. The minimum Gasteiger partial charge on any atom is -0.450 e. The Kier molecular flexibility index (Phi) is 5.01. The molecule has 114 valence electrons. The Morgan fingerprint density at radius 2 is 1.95 bits per heavy atom. The highest BCUT2D eigenvalue weighted by Crippen LogP contribution is 2.15. The predicted octanol–water partition coefficient (Wildman–Crippen LogP) is 2.00. The van der Waals surface area contributed by atoms with Crippen LogP contribution in [0.5, 0.6) is 0 Å². The fraction of sp³-hybridized carbons (Fsp3) is 0.400. The van der Waals surface area contributed by atoms with Gasteiger partial charge in [0.1, 0.15) is 0 Å². The lowest BCUT2D eigenvalue weighted by atomic mass is 10.2. The van der Waals surface area contributed by atoms with Crippen molar-refractivity contribution in [3.8, 4) is 0 Å². The van der Waals surface area contributed by atoms with Gasteiger partial charge < -0.3 is 4.74 Å². The van der Waals surface area contributed by atoms with Crippen LogP contribution in [0.2, 0.25) is 0 Å². The summed E-state index contributed by atoms with van der Waals surface area (Å²) >= 11 is 0. The second kappa shape index (κ2) is 6.76. The number of ether oxygens (including phenoxy) is 1. The van der Waals surface area contributed by atoms with Gasteiger partial charge in [-0.25, -0.2) is 13.2 Å². The Balaban J connectivity index is 2.08. The van der Waals surface area contributed by atoms with E-state index >= 15 is 0 Å². The molecule has 21 heavy (non-hydrogen) atoms. The molecule has 1 aliphatic heterocycles. The van der Waals surface area contributed by atoms with Crippen molar-refractivity contribution in [1.29, 1.82) is 0 Å². The van der Waals surface area contributed by atoms with Crippen LogP contribution in [0.4, 0.5) is 4.79 Å². The van der Waals surface area contributed by atoms with Crippen molar-refractivity contribution in [3.05, 3.63) is 47.5 Å². The van der Waals surface area contributed by atoms with Gasteiger partial charge in [0.2, 0.25) is 0 Å². The number of nitrogens with zero attached hydrogens (tertiary/aromatic N) is 1. The van der Waals surface area contributed by atoms with E-state index in [-0.39, 0.29) is 18.1 Å². The summed E-state index contributed by atoms with van der Waals surface area (Å²) in [6.45, 7) is 2.73. The van der Waals surface area contributed by atoms with E-state index in [1.54, 1.807) is 13.0 Å². The zero-order valence-electron chi connectivity index (χ0n) is 12.0. The largest absolute Gasteiger partial charge is 0.450 e. The molecule has 5 nitrogen and oxygen atoms in total. The van der Waals surface area contributed by atoms with Crippen LogP contribution in [-0.4, -0.2) is 44.1 Å². The summed E-state index contributed by atoms with van der Waals surface area (Å²) in [5.41, 5.74) is 1.73. The zero-order valence-corrected chi connectivity index (χ0v) is 12.8. The SMILES string of the molecule is CCOC(=O)N(CC1=CCS(=O)(=O)C1)Cc1ccccc1. The van der Waals surface area contributed by atoms with Crippen molar-refractivity contribution in [1.82, 2.24) is 4.90 Å². The van der Waals surface area contributed by atoms with E-state index in [9.17, 15) is 13.2 Å². The number of hydrogen-bond acceptors (Lipinski definition) is 4. The zero-order chi connectivity index (χ0) is 15.3. The highest BCUT2D eigenvalue weighted by molar-refractivity contribution is 7.92. The first-order valence-corrected chi connectivity index (χ1v) is 8.66. The summed E-state index contributed by atoms with van der Waals surface area (Å²) in [7, 11) is -3.02. The van der Waals surface area contributed by atoms with Gasteiger partial charge in [0, 0.05) is 13.1 Å². The van der Waals surface area contributed by atoms with Gasteiger partial charge in [-0.2, -0.15) is 0 Å². The summed E-state index contributed by atoms with van der Waals surface area (Å²) < 4.78 is 28.0. The van der Waals surface area contributed by atoms with Crippen molar-refractivity contribution >= 4 is 15.9 Å². The van der Waals surface area contributed by atoms with Gasteiger partial charge in [-0.15, -0.1) is 0 Å². The van der Waals surface area contributed by atoms with Crippen LogP contribution in [0, 0.1) is 0 Å². The van der Waals surface area contributed by atoms with E-state index in [4.69, 9.17) is 4.74 Å². The van der Waals surface area contributed by atoms with Crippen LogP contribution in [0.25, 0.3) is 0 Å². The molecule has 1 aliphatic rings. The molecular formula is C15H19NO4S. The maximum absolute atomic E-state index is 12.0. The minimum atomic E-state index is -3.02. The summed E-state index contributed by atoms with van der Waals surface area (Å²) in [4.78, 5) is 13.6. The number of carbonyl (C=O) groups excluding carboxylic acids is 1. The van der Waals surface area contributed by atoms with Crippen LogP contribution in [0.15, 0.2) is 42.0 Å². The molecule has 0 fully saturated rings. The molecule has 0 aliphatic carbocycles. The van der Waals surface area contributed by atoms with Crippen LogP contribution >= 0.6 is 0 Å². The van der Waals surface area contributed by atoms with E-state index in [2.05, 4.69) is 0 Å². The van der Waals surface area contributed by atoms with E-state index in [1.807, 2.05) is 30.3 Å². The molecule has 2 rings (SSSR count). The molecule has 0 unspecified atom stereocenters. The first-order valence-electron chi connectivity index (χ1n) is 6.84. The molecule has 1 aromatic rings. The van der Waals surface area contributed by atoms with Crippen LogP contribution in [0.1, 0.15) is 12.5 Å². The van der Waals surface area contributed by atoms with E-state index in [0.717, 1.165) is 11.1 Å². The minimum absolute atomic E-state index is 0.0255. The van der Waals surface area contributed by atoms with Gasteiger partial charge in [-0.1, -0.05) is 36.4 Å². The number of benzene rings is 1. The third-order valence-electron chi connectivity index (χ3n) is 3.17. The number of amides is 1. The lowest BCUT2D eigenvalue weighted by Crippen LogP contribution is -2.33. The van der Waals surface area contributed by atoms with Gasteiger partial charge in [0.15, 0.2) is 9.84 Å². The third kappa shape index (κ3) is 4.60. The summed E-state index contributed by atoms with van der Waals surface area (Å²) in [6, 6.07) is 9.55. The average molecular weight is 309 g/mol. The van der Waals surface area contributed by atoms with Crippen molar-refractivity contribution in [3.63, 3.8) is 0 Å². The second-order valence-electron chi connectivity index (χ2n) is 4.96. The Morgan fingerprint density at radius 3 is 2.52 bits per heavy atom. The fourth-order valence-corrected chi connectivity index (χ4v) is 3.59. The van der Waals surface area contributed by atoms with Gasteiger partial charge >= 0.3 is 6.09 Å². The highest BCUT2D eigenvalue weighted by atomic mass is 32.2. The summed E-state index contributed by atoms with van der Waals surface area (Å²) in [5.74, 6) is 0.0853. The van der Waals surface area contributed by atoms with Gasteiger partial charge in [-0.05, 0) is 18.1 Å². The first kappa shape index (κ1) is 15.6. The molecule has 0 atom stereocenters. The number of carbonyl (C=O) groups is 1. The lowest BCUT2D eigenvalue weighted by Gasteiger charge is -2.22. The third-order valence-corrected chi connectivity index (χ3v) is 4.65. The van der Waals surface area contributed by atoms with Crippen LogP contribution in [-0.2, 0) is 21.1 Å². The average Bonchev–Trinajstić information content (AvgIpc) is 2.79. The normalized spacial score (nSPS) is 16.3. The Hall–Kier alpha value is -1.82. The van der Waals surface area contributed by atoms with Crippen LogP contribution in [0.3, 0.4) is 0 Å². The Morgan fingerprint density at radius 1 is 1.24 bits per heavy atom. The molecule has 1 aromatic carbocycles. The molecule has 1 heterocycles. The summed E-state index contributed by atoms with van der Waals surface area (Å²) in [6.07, 6.45) is 1.26. The van der Waals surface area contributed by atoms with E-state index < -0.39 is 15.9 Å². The van der Waals surface area contributed by atoms with Crippen molar-refractivity contribution in [2.24, 2.45) is 0 Å². The maximum Gasteiger partial charge on any atom is 0.410 e. The number of hydrogen-bond donors (Lipinski definition) is 0. The first-order chi connectivity index (χ1) is 10.00. The fourth-order valence-electron chi connectivity index (χ4n) is 2.20. The molecular weight excluding hydrogens is 290 g/mol. The second-order valence-corrected chi connectivity index (χ2v) is 7.07. The van der Waals surface area contributed by atoms with Crippen LogP contribution < -0.4 is 0 Å². The Bertz CT molecular complexity index is 622. The van der Waals surface area contributed by atoms with E-state index in [1.165, 1.54) is 4.90 Å². The van der Waals surface area contributed by atoms with E-state index in [0.29, 0.717) is 13.2 Å². The maximum atomic E-state index is 12.0. The van der Waals surface area contributed by atoms with Crippen molar-refractivity contribution in [2.75, 3.05) is 24.7 Å². The molecule has 0 N–H and O–H groups in total.